The third-order valence-electron chi connectivity index (χ3n) is 5.04. The SMILES string of the molecule is CC1CNC2(CCCC2)CN1CCS(=O)(=O)C(C)(C)C. The van der Waals surface area contributed by atoms with Crippen molar-refractivity contribution in [2.45, 2.75) is 69.7 Å². The Morgan fingerprint density at radius 3 is 2.40 bits per heavy atom. The van der Waals surface area contributed by atoms with Gasteiger partial charge in [0.05, 0.1) is 10.5 Å². The normalized spacial score (nSPS) is 28.1. The van der Waals surface area contributed by atoms with Gasteiger partial charge >= 0.3 is 0 Å². The summed E-state index contributed by atoms with van der Waals surface area (Å²) in [5, 5.41) is 3.71. The van der Waals surface area contributed by atoms with Gasteiger partial charge in [-0.15, -0.1) is 0 Å². The maximum atomic E-state index is 12.3. The van der Waals surface area contributed by atoms with Crippen LogP contribution in [0.3, 0.4) is 0 Å². The minimum absolute atomic E-state index is 0.262. The topological polar surface area (TPSA) is 49.4 Å². The maximum absolute atomic E-state index is 12.3. The van der Waals surface area contributed by atoms with E-state index in [2.05, 4.69) is 17.1 Å². The van der Waals surface area contributed by atoms with Crippen LogP contribution in [-0.2, 0) is 9.84 Å². The van der Waals surface area contributed by atoms with Gasteiger partial charge in [-0.05, 0) is 40.5 Å². The fourth-order valence-electron chi connectivity index (χ4n) is 3.32. The molecule has 1 unspecified atom stereocenters. The molecule has 0 aromatic heterocycles. The number of rotatable bonds is 3. The van der Waals surface area contributed by atoms with E-state index in [4.69, 9.17) is 0 Å². The predicted molar refractivity (Wildman–Crippen MR) is 83.8 cm³/mol. The molecule has 5 heteroatoms. The minimum atomic E-state index is -3.02. The summed E-state index contributed by atoms with van der Waals surface area (Å²) in [5.74, 6) is 0.275. The van der Waals surface area contributed by atoms with Crippen molar-refractivity contribution in [1.29, 1.82) is 0 Å². The average Bonchev–Trinajstić information content (AvgIpc) is 2.78. The van der Waals surface area contributed by atoms with E-state index in [-0.39, 0.29) is 11.3 Å². The Morgan fingerprint density at radius 2 is 1.85 bits per heavy atom. The fraction of sp³-hybridized carbons (Fsp3) is 1.00. The third kappa shape index (κ3) is 3.37. The van der Waals surface area contributed by atoms with E-state index < -0.39 is 14.6 Å². The number of nitrogens with zero attached hydrogens (tertiary/aromatic N) is 1. The van der Waals surface area contributed by atoms with Gasteiger partial charge in [0.1, 0.15) is 0 Å². The zero-order valence-corrected chi connectivity index (χ0v) is 14.2. The van der Waals surface area contributed by atoms with Crippen LogP contribution >= 0.6 is 0 Å². The zero-order valence-electron chi connectivity index (χ0n) is 13.4. The quantitative estimate of drug-likeness (QED) is 0.864. The Balaban J connectivity index is 1.97. The van der Waals surface area contributed by atoms with Crippen LogP contribution in [0, 0.1) is 0 Å². The van der Waals surface area contributed by atoms with Crippen molar-refractivity contribution in [3.05, 3.63) is 0 Å². The molecule has 1 heterocycles. The molecule has 118 valence electrons. The van der Waals surface area contributed by atoms with Gasteiger partial charge in [-0.1, -0.05) is 12.8 Å². The molecular weight excluding hydrogens is 272 g/mol. The second kappa shape index (κ2) is 5.58. The van der Waals surface area contributed by atoms with Crippen LogP contribution < -0.4 is 5.32 Å². The van der Waals surface area contributed by atoms with Crippen LogP contribution in [0.15, 0.2) is 0 Å². The highest BCUT2D eigenvalue weighted by molar-refractivity contribution is 7.92. The Labute approximate surface area is 124 Å². The van der Waals surface area contributed by atoms with E-state index in [1.165, 1.54) is 25.7 Å². The van der Waals surface area contributed by atoms with Crippen LogP contribution in [0.4, 0.5) is 0 Å². The Bertz CT molecular complexity index is 433. The molecule has 4 nitrogen and oxygen atoms in total. The van der Waals surface area contributed by atoms with Crippen molar-refractivity contribution in [1.82, 2.24) is 10.2 Å². The maximum Gasteiger partial charge on any atom is 0.156 e. The van der Waals surface area contributed by atoms with Crippen LogP contribution in [0.2, 0.25) is 0 Å². The molecule has 20 heavy (non-hydrogen) atoms. The van der Waals surface area contributed by atoms with Gasteiger partial charge in [0.15, 0.2) is 9.84 Å². The van der Waals surface area contributed by atoms with E-state index in [1.807, 2.05) is 0 Å². The number of piperazine rings is 1. The molecule has 1 spiro atoms. The standard InChI is InChI=1S/C15H30N2O2S/c1-13-11-16-15(7-5-6-8-15)12-17(13)9-10-20(18,19)14(2,3)4/h13,16H,5-12H2,1-4H3. The van der Waals surface area contributed by atoms with Gasteiger partial charge in [0.25, 0.3) is 0 Å². The first-order valence-electron chi connectivity index (χ1n) is 7.87. The van der Waals surface area contributed by atoms with Crippen LogP contribution in [0.1, 0.15) is 53.4 Å². The number of hydrogen-bond acceptors (Lipinski definition) is 4. The summed E-state index contributed by atoms with van der Waals surface area (Å²) in [6, 6.07) is 0.427. The number of hydrogen-bond donors (Lipinski definition) is 1. The smallest absolute Gasteiger partial charge is 0.156 e. The number of sulfone groups is 1. The highest BCUT2D eigenvalue weighted by Gasteiger charge is 2.40. The van der Waals surface area contributed by atoms with Crippen molar-refractivity contribution in [3.63, 3.8) is 0 Å². The largest absolute Gasteiger partial charge is 0.308 e. The first kappa shape index (κ1) is 16.2. The molecule has 1 aliphatic carbocycles. The number of nitrogens with one attached hydrogen (secondary N) is 1. The van der Waals surface area contributed by atoms with Gasteiger partial charge < -0.3 is 5.32 Å². The van der Waals surface area contributed by atoms with Gasteiger partial charge in [-0.2, -0.15) is 0 Å². The van der Waals surface area contributed by atoms with Gasteiger partial charge in [0, 0.05) is 31.2 Å². The molecule has 0 amide bonds. The minimum Gasteiger partial charge on any atom is -0.308 e. The molecule has 0 aromatic rings. The summed E-state index contributed by atoms with van der Waals surface area (Å²) in [6.45, 7) is 10.2. The average molecular weight is 302 g/mol. The van der Waals surface area contributed by atoms with Crippen LogP contribution in [0.25, 0.3) is 0 Å². The molecule has 1 saturated carbocycles. The summed E-state index contributed by atoms with van der Waals surface area (Å²) >= 11 is 0. The van der Waals surface area contributed by atoms with E-state index in [0.29, 0.717) is 12.6 Å². The Hall–Kier alpha value is -0.130. The van der Waals surface area contributed by atoms with Crippen LogP contribution in [-0.4, -0.2) is 55.0 Å². The Kier molecular flexibility index (Phi) is 4.53. The molecule has 0 radical (unpaired) electrons. The highest BCUT2D eigenvalue weighted by atomic mass is 32.2. The molecule has 1 N–H and O–H groups in total. The first-order chi connectivity index (χ1) is 9.15. The first-order valence-corrected chi connectivity index (χ1v) is 9.52. The monoisotopic (exact) mass is 302 g/mol. The molecular formula is C15H30N2O2S. The van der Waals surface area contributed by atoms with Crippen LogP contribution in [0.5, 0.6) is 0 Å². The molecule has 2 fully saturated rings. The summed E-state index contributed by atoms with van der Waals surface area (Å²) in [5.41, 5.74) is 0.262. The van der Waals surface area contributed by atoms with Crippen molar-refractivity contribution in [2.24, 2.45) is 0 Å². The van der Waals surface area contributed by atoms with Crippen molar-refractivity contribution >= 4 is 9.84 Å². The van der Waals surface area contributed by atoms with Gasteiger partial charge in [-0.3, -0.25) is 4.90 Å². The molecule has 1 atom stereocenters. The lowest BCUT2D eigenvalue weighted by Gasteiger charge is -2.45. The third-order valence-corrected chi connectivity index (χ3v) is 7.63. The molecule has 0 aromatic carbocycles. The fourth-order valence-corrected chi connectivity index (χ4v) is 4.41. The van der Waals surface area contributed by atoms with Crippen molar-refractivity contribution < 1.29 is 8.42 Å². The van der Waals surface area contributed by atoms with E-state index >= 15 is 0 Å². The van der Waals surface area contributed by atoms with E-state index in [0.717, 1.165) is 13.1 Å². The lowest BCUT2D eigenvalue weighted by Crippen LogP contribution is -2.63. The lowest BCUT2D eigenvalue weighted by atomic mass is 9.93. The molecule has 1 aliphatic heterocycles. The molecule has 2 aliphatic rings. The predicted octanol–water partition coefficient (Wildman–Crippen LogP) is 1.81. The van der Waals surface area contributed by atoms with Crippen molar-refractivity contribution in [3.8, 4) is 0 Å². The summed E-state index contributed by atoms with van der Waals surface area (Å²) in [4.78, 5) is 2.38. The second-order valence-electron chi connectivity index (χ2n) is 7.62. The second-order valence-corrected chi connectivity index (χ2v) is 10.5. The zero-order chi connectivity index (χ0) is 15.0. The van der Waals surface area contributed by atoms with E-state index in [9.17, 15) is 8.42 Å². The van der Waals surface area contributed by atoms with Gasteiger partial charge in [-0.25, -0.2) is 8.42 Å². The van der Waals surface area contributed by atoms with Crippen molar-refractivity contribution in [2.75, 3.05) is 25.4 Å². The molecule has 2 rings (SSSR count). The summed E-state index contributed by atoms with van der Waals surface area (Å²) < 4.78 is 23.9. The highest BCUT2D eigenvalue weighted by Crippen LogP contribution is 2.33. The lowest BCUT2D eigenvalue weighted by molar-refractivity contribution is 0.0950. The Morgan fingerprint density at radius 1 is 1.25 bits per heavy atom. The summed E-state index contributed by atoms with van der Waals surface area (Å²) in [6.07, 6.45) is 5.08. The van der Waals surface area contributed by atoms with E-state index in [1.54, 1.807) is 20.8 Å². The molecule has 0 bridgehead atoms. The van der Waals surface area contributed by atoms with Gasteiger partial charge in [0.2, 0.25) is 0 Å². The molecule has 1 saturated heterocycles. The summed E-state index contributed by atoms with van der Waals surface area (Å²) in [7, 11) is -3.02.